The van der Waals surface area contributed by atoms with Crippen molar-refractivity contribution in [1.82, 2.24) is 0 Å². The molecule has 0 aliphatic carbocycles. The summed E-state index contributed by atoms with van der Waals surface area (Å²) >= 11 is 0. The summed E-state index contributed by atoms with van der Waals surface area (Å²) in [5.41, 5.74) is 0. The average Bonchev–Trinajstić information content (AvgIpc) is 2.67. The van der Waals surface area contributed by atoms with Crippen LogP contribution in [0.3, 0.4) is 0 Å². The molecule has 1 rings (SSSR count). The van der Waals surface area contributed by atoms with Gasteiger partial charge in [-0.05, 0) is 32.1 Å². The van der Waals surface area contributed by atoms with E-state index in [4.69, 9.17) is 4.74 Å². The van der Waals surface area contributed by atoms with Crippen LogP contribution in [0.2, 0.25) is 0 Å². The maximum Gasteiger partial charge on any atom is 0.132 e. The van der Waals surface area contributed by atoms with E-state index in [1.807, 2.05) is 0 Å². The van der Waals surface area contributed by atoms with Gasteiger partial charge in [-0.3, -0.25) is 4.79 Å². The van der Waals surface area contributed by atoms with Gasteiger partial charge in [-0.2, -0.15) is 0 Å². The molecule has 1 heterocycles. The minimum absolute atomic E-state index is 0.435. The molecule has 1 saturated heterocycles. The summed E-state index contributed by atoms with van der Waals surface area (Å²) in [6, 6.07) is 0. The Hall–Kier alpha value is -0.370. The molecule has 1 aliphatic rings. The average molecular weight is 198 g/mol. The van der Waals surface area contributed by atoms with E-state index in [1.54, 1.807) is 0 Å². The molecular formula is C12H22O2. The summed E-state index contributed by atoms with van der Waals surface area (Å²) in [6.45, 7) is 3.05. The van der Waals surface area contributed by atoms with E-state index in [2.05, 4.69) is 6.92 Å². The number of ether oxygens (including phenoxy) is 1. The zero-order valence-corrected chi connectivity index (χ0v) is 9.26. The number of carbonyl (C=O) groups excluding carboxylic acids is 1. The Morgan fingerprint density at radius 2 is 2.14 bits per heavy atom. The van der Waals surface area contributed by atoms with Gasteiger partial charge >= 0.3 is 0 Å². The molecule has 1 atom stereocenters. The van der Waals surface area contributed by atoms with E-state index in [0.717, 1.165) is 45.1 Å². The first-order valence-corrected chi connectivity index (χ1v) is 5.96. The molecule has 0 N–H and O–H groups in total. The first kappa shape index (κ1) is 11.7. The second-order valence-corrected chi connectivity index (χ2v) is 4.17. The molecule has 1 fully saturated rings. The van der Waals surface area contributed by atoms with Crippen LogP contribution in [-0.2, 0) is 9.53 Å². The quantitative estimate of drug-likeness (QED) is 0.628. The molecule has 1 aliphatic heterocycles. The number of hydrogen-bond acceptors (Lipinski definition) is 2. The number of hydrogen-bond donors (Lipinski definition) is 0. The highest BCUT2D eigenvalue weighted by Gasteiger charge is 2.15. The number of rotatable bonds is 7. The van der Waals surface area contributed by atoms with Crippen LogP contribution in [0, 0.1) is 0 Å². The van der Waals surface area contributed by atoms with Crippen molar-refractivity contribution in [3.63, 3.8) is 0 Å². The standard InChI is InChI=1S/C12H22O2/c1-2-3-6-11(13)7-4-8-12-9-5-10-14-12/h12H,2-10H2,1H3. The number of carbonyl (C=O) groups is 1. The second-order valence-electron chi connectivity index (χ2n) is 4.17. The van der Waals surface area contributed by atoms with Gasteiger partial charge in [-0.15, -0.1) is 0 Å². The van der Waals surface area contributed by atoms with Gasteiger partial charge in [0, 0.05) is 19.4 Å². The van der Waals surface area contributed by atoms with Crippen LogP contribution in [0.1, 0.15) is 58.3 Å². The van der Waals surface area contributed by atoms with Crippen LogP contribution in [0.25, 0.3) is 0 Å². The monoisotopic (exact) mass is 198 g/mol. The highest BCUT2D eigenvalue weighted by molar-refractivity contribution is 5.78. The maximum absolute atomic E-state index is 11.3. The molecule has 0 spiro atoms. The van der Waals surface area contributed by atoms with Gasteiger partial charge < -0.3 is 4.74 Å². The molecular weight excluding hydrogens is 176 g/mol. The van der Waals surface area contributed by atoms with E-state index in [0.29, 0.717) is 11.9 Å². The SMILES string of the molecule is CCCCC(=O)CCCC1CCCO1. The first-order valence-electron chi connectivity index (χ1n) is 5.96. The van der Waals surface area contributed by atoms with Crippen molar-refractivity contribution in [3.8, 4) is 0 Å². The zero-order valence-electron chi connectivity index (χ0n) is 9.26. The van der Waals surface area contributed by atoms with Gasteiger partial charge in [0.15, 0.2) is 0 Å². The normalized spacial score (nSPS) is 21.4. The number of unbranched alkanes of at least 4 members (excludes halogenated alkanes) is 1. The van der Waals surface area contributed by atoms with Crippen molar-refractivity contribution in [2.45, 2.75) is 64.4 Å². The molecule has 0 bridgehead atoms. The van der Waals surface area contributed by atoms with Gasteiger partial charge in [0.1, 0.15) is 5.78 Å². The van der Waals surface area contributed by atoms with E-state index < -0.39 is 0 Å². The molecule has 0 saturated carbocycles. The summed E-state index contributed by atoms with van der Waals surface area (Å²) in [6.07, 6.45) is 8.68. The molecule has 0 radical (unpaired) electrons. The maximum atomic E-state index is 11.3. The fourth-order valence-corrected chi connectivity index (χ4v) is 1.90. The van der Waals surface area contributed by atoms with Gasteiger partial charge in [0.25, 0.3) is 0 Å². The van der Waals surface area contributed by atoms with Crippen LogP contribution in [0.15, 0.2) is 0 Å². The molecule has 1 unspecified atom stereocenters. The third kappa shape index (κ3) is 4.75. The molecule has 82 valence electrons. The topological polar surface area (TPSA) is 26.3 Å². The van der Waals surface area contributed by atoms with Gasteiger partial charge in [-0.1, -0.05) is 13.3 Å². The second kappa shape index (κ2) is 6.99. The minimum Gasteiger partial charge on any atom is -0.378 e. The van der Waals surface area contributed by atoms with Crippen molar-refractivity contribution in [3.05, 3.63) is 0 Å². The van der Waals surface area contributed by atoms with Crippen molar-refractivity contribution in [2.75, 3.05) is 6.61 Å². The summed E-state index contributed by atoms with van der Waals surface area (Å²) in [4.78, 5) is 11.3. The third-order valence-corrected chi connectivity index (χ3v) is 2.81. The van der Waals surface area contributed by atoms with Crippen LogP contribution in [0.5, 0.6) is 0 Å². The predicted octanol–water partition coefficient (Wildman–Crippen LogP) is 3.10. The smallest absolute Gasteiger partial charge is 0.132 e. The van der Waals surface area contributed by atoms with Gasteiger partial charge in [0.05, 0.1) is 6.10 Å². The van der Waals surface area contributed by atoms with Crippen molar-refractivity contribution >= 4 is 5.78 Å². The molecule has 0 aromatic carbocycles. The van der Waals surface area contributed by atoms with E-state index in [-0.39, 0.29) is 0 Å². The highest BCUT2D eigenvalue weighted by Crippen LogP contribution is 2.18. The van der Waals surface area contributed by atoms with Crippen molar-refractivity contribution in [2.24, 2.45) is 0 Å². The first-order chi connectivity index (χ1) is 6.83. The van der Waals surface area contributed by atoms with E-state index >= 15 is 0 Å². The Labute approximate surface area is 87.0 Å². The number of ketones is 1. The van der Waals surface area contributed by atoms with Crippen LogP contribution in [-0.4, -0.2) is 18.5 Å². The lowest BCUT2D eigenvalue weighted by molar-refractivity contribution is -0.119. The van der Waals surface area contributed by atoms with Crippen LogP contribution in [0.4, 0.5) is 0 Å². The molecule has 2 heteroatoms. The fraction of sp³-hybridized carbons (Fsp3) is 0.917. The largest absolute Gasteiger partial charge is 0.378 e. The lowest BCUT2D eigenvalue weighted by Crippen LogP contribution is -2.06. The molecule has 0 amide bonds. The Morgan fingerprint density at radius 1 is 1.36 bits per heavy atom. The van der Waals surface area contributed by atoms with Crippen molar-refractivity contribution in [1.29, 1.82) is 0 Å². The number of Topliss-reactive ketones (excluding diaryl/α,β-unsaturated/α-hetero) is 1. The van der Waals surface area contributed by atoms with Gasteiger partial charge in [-0.25, -0.2) is 0 Å². The third-order valence-electron chi connectivity index (χ3n) is 2.81. The molecule has 0 aromatic rings. The lowest BCUT2D eigenvalue weighted by Gasteiger charge is -2.07. The van der Waals surface area contributed by atoms with Crippen LogP contribution >= 0.6 is 0 Å². The zero-order chi connectivity index (χ0) is 10.2. The lowest BCUT2D eigenvalue weighted by atomic mass is 10.0. The Morgan fingerprint density at radius 3 is 2.79 bits per heavy atom. The van der Waals surface area contributed by atoms with Crippen LogP contribution < -0.4 is 0 Å². The minimum atomic E-state index is 0.435. The Balaban J connectivity index is 1.94. The Bertz CT molecular complexity index is 160. The molecule has 2 nitrogen and oxygen atoms in total. The summed E-state index contributed by atoms with van der Waals surface area (Å²) in [7, 11) is 0. The summed E-state index contributed by atoms with van der Waals surface area (Å²) in [5.74, 6) is 0.435. The highest BCUT2D eigenvalue weighted by atomic mass is 16.5. The van der Waals surface area contributed by atoms with Gasteiger partial charge in [0.2, 0.25) is 0 Å². The molecule has 0 aromatic heterocycles. The van der Waals surface area contributed by atoms with E-state index in [9.17, 15) is 4.79 Å². The van der Waals surface area contributed by atoms with Crippen molar-refractivity contribution < 1.29 is 9.53 Å². The predicted molar refractivity (Wildman–Crippen MR) is 57.4 cm³/mol. The Kier molecular flexibility index (Phi) is 5.85. The fourth-order valence-electron chi connectivity index (χ4n) is 1.90. The summed E-state index contributed by atoms with van der Waals surface area (Å²) in [5, 5.41) is 0. The van der Waals surface area contributed by atoms with E-state index in [1.165, 1.54) is 12.8 Å². The molecule has 14 heavy (non-hydrogen) atoms. The summed E-state index contributed by atoms with van der Waals surface area (Å²) < 4.78 is 5.50.